The Hall–Kier alpha value is -0.110. The fourth-order valence-electron chi connectivity index (χ4n) is 0.404. The van der Waals surface area contributed by atoms with Crippen LogP contribution in [0.15, 0.2) is 0 Å². The summed E-state index contributed by atoms with van der Waals surface area (Å²) >= 11 is 5.08. The van der Waals surface area contributed by atoms with Crippen molar-refractivity contribution in [2.45, 2.75) is 40.2 Å². The van der Waals surface area contributed by atoms with Gasteiger partial charge in [0.05, 0.1) is 0 Å². The Labute approximate surface area is 75.1 Å². The third kappa shape index (κ3) is 5.19. The molecule has 11 heavy (non-hydrogen) atoms. The number of ether oxygens (including phenoxy) is 1. The fraction of sp³-hybridized carbons (Fsp3) is 0.778. The van der Waals surface area contributed by atoms with Crippen molar-refractivity contribution in [3.05, 3.63) is 6.92 Å². The van der Waals surface area contributed by atoms with Crippen LogP contribution >= 0.6 is 12.2 Å². The molecule has 0 rings (SSSR count). The second-order valence-electron chi connectivity index (χ2n) is 4.40. The maximum absolute atomic E-state index is 5.42. The molecule has 0 aliphatic carbocycles. The van der Waals surface area contributed by atoms with E-state index in [2.05, 4.69) is 6.92 Å². The van der Waals surface area contributed by atoms with E-state index in [1.54, 1.807) is 0 Å². The summed E-state index contributed by atoms with van der Waals surface area (Å²) in [6, 6.07) is 0. The molecule has 0 saturated carbocycles. The molecule has 1 radical (unpaired) electrons. The van der Waals surface area contributed by atoms with Gasteiger partial charge in [-0.15, -0.1) is 0 Å². The highest BCUT2D eigenvalue weighted by Gasteiger charge is 2.23. The average Bonchev–Trinajstić information content (AvgIpc) is 1.56. The molecular formula is C9H17OS. The molecule has 0 aliphatic rings. The highest BCUT2D eigenvalue weighted by molar-refractivity contribution is 7.80. The van der Waals surface area contributed by atoms with E-state index in [1.165, 1.54) is 0 Å². The maximum Gasteiger partial charge on any atom is 0.165 e. The molecule has 0 aliphatic heterocycles. The van der Waals surface area contributed by atoms with Gasteiger partial charge in [0.25, 0.3) is 0 Å². The van der Waals surface area contributed by atoms with Gasteiger partial charge in [0.1, 0.15) is 5.60 Å². The Bertz CT molecular complexity index is 148. The summed E-state index contributed by atoms with van der Waals surface area (Å²) in [5.41, 5.74) is -0.478. The lowest BCUT2D eigenvalue weighted by atomic mass is 9.98. The van der Waals surface area contributed by atoms with Crippen molar-refractivity contribution in [2.75, 3.05) is 0 Å². The summed E-state index contributed by atoms with van der Waals surface area (Å²) in [6.45, 7) is 13.7. The first-order valence-electron chi connectivity index (χ1n) is 3.72. The molecule has 0 spiro atoms. The van der Waals surface area contributed by atoms with Gasteiger partial charge in [-0.1, -0.05) is 20.8 Å². The quantitative estimate of drug-likeness (QED) is 0.564. The summed E-state index contributed by atoms with van der Waals surface area (Å²) in [5.74, 6) is 0. The Morgan fingerprint density at radius 3 is 1.64 bits per heavy atom. The van der Waals surface area contributed by atoms with Crippen LogP contribution in [-0.2, 0) is 4.74 Å². The van der Waals surface area contributed by atoms with Crippen molar-refractivity contribution < 1.29 is 4.74 Å². The predicted molar refractivity (Wildman–Crippen MR) is 52.6 cm³/mol. The number of hydrogen-bond acceptors (Lipinski definition) is 2. The van der Waals surface area contributed by atoms with Gasteiger partial charge in [-0.05, 0) is 33.0 Å². The maximum atomic E-state index is 5.42. The molecule has 2 heteroatoms. The molecule has 0 saturated heterocycles. The van der Waals surface area contributed by atoms with Gasteiger partial charge in [0.2, 0.25) is 0 Å². The molecular weight excluding hydrogens is 156 g/mol. The largest absolute Gasteiger partial charge is 0.481 e. The number of thiocarbonyl (C=S) groups is 1. The Kier molecular flexibility index (Phi) is 3.06. The topological polar surface area (TPSA) is 9.23 Å². The normalized spacial score (nSPS) is 12.9. The highest BCUT2D eigenvalue weighted by atomic mass is 32.1. The van der Waals surface area contributed by atoms with Gasteiger partial charge in [-0.3, -0.25) is 0 Å². The van der Waals surface area contributed by atoms with Crippen LogP contribution in [0.1, 0.15) is 34.6 Å². The fourth-order valence-corrected chi connectivity index (χ4v) is 0.630. The lowest BCUT2D eigenvalue weighted by molar-refractivity contribution is 0.131. The van der Waals surface area contributed by atoms with Crippen LogP contribution in [0.3, 0.4) is 0 Å². The zero-order valence-corrected chi connectivity index (χ0v) is 8.84. The van der Waals surface area contributed by atoms with Crippen molar-refractivity contribution in [1.82, 2.24) is 0 Å². The molecule has 0 aromatic carbocycles. The first kappa shape index (κ1) is 10.9. The van der Waals surface area contributed by atoms with Gasteiger partial charge in [-0.25, -0.2) is 0 Å². The molecule has 65 valence electrons. The number of rotatable bonds is 1. The molecule has 0 fully saturated rings. The molecule has 0 atom stereocenters. The lowest BCUT2D eigenvalue weighted by Gasteiger charge is -2.28. The van der Waals surface area contributed by atoms with E-state index >= 15 is 0 Å². The standard InChI is InChI=1S/C9H17OS/c1-8(2,3)7(11)10-9(4,5)6/h4H2,1-3,5-6H3. The molecule has 0 N–H and O–H groups in total. The molecule has 0 aromatic heterocycles. The zero-order chi connectivity index (χ0) is 9.28. The summed E-state index contributed by atoms with van der Waals surface area (Å²) < 4.78 is 5.42. The van der Waals surface area contributed by atoms with Crippen molar-refractivity contribution in [3.63, 3.8) is 0 Å². The first-order chi connectivity index (χ1) is 4.63. The van der Waals surface area contributed by atoms with Crippen molar-refractivity contribution in [2.24, 2.45) is 5.41 Å². The lowest BCUT2D eigenvalue weighted by Crippen LogP contribution is -2.30. The summed E-state index contributed by atoms with van der Waals surface area (Å²) in [6.07, 6.45) is 0. The van der Waals surface area contributed by atoms with E-state index in [9.17, 15) is 0 Å². The SMILES string of the molecule is [CH2]C(C)(C)OC(=S)C(C)(C)C. The molecule has 1 nitrogen and oxygen atoms in total. The van der Waals surface area contributed by atoms with Crippen molar-refractivity contribution >= 4 is 17.3 Å². The van der Waals surface area contributed by atoms with Gasteiger partial charge in [0, 0.05) is 5.41 Å². The van der Waals surface area contributed by atoms with Gasteiger partial charge in [-0.2, -0.15) is 0 Å². The Morgan fingerprint density at radius 1 is 1.18 bits per heavy atom. The van der Waals surface area contributed by atoms with E-state index in [-0.39, 0.29) is 5.41 Å². The van der Waals surface area contributed by atoms with Crippen LogP contribution in [-0.4, -0.2) is 10.7 Å². The summed E-state index contributed by atoms with van der Waals surface area (Å²) in [5, 5.41) is 0.623. The van der Waals surface area contributed by atoms with Crippen LogP contribution in [0.25, 0.3) is 0 Å². The van der Waals surface area contributed by atoms with Gasteiger partial charge >= 0.3 is 0 Å². The van der Waals surface area contributed by atoms with E-state index in [0.29, 0.717) is 5.05 Å². The van der Waals surface area contributed by atoms with Crippen molar-refractivity contribution in [3.8, 4) is 0 Å². The third-order valence-corrected chi connectivity index (χ3v) is 1.68. The van der Waals surface area contributed by atoms with Crippen LogP contribution in [0.2, 0.25) is 0 Å². The van der Waals surface area contributed by atoms with E-state index < -0.39 is 5.60 Å². The Balaban J connectivity index is 4.11. The second-order valence-corrected chi connectivity index (χ2v) is 4.77. The smallest absolute Gasteiger partial charge is 0.165 e. The van der Waals surface area contributed by atoms with Gasteiger partial charge in [0.15, 0.2) is 5.05 Å². The molecule has 0 heterocycles. The second kappa shape index (κ2) is 3.10. The van der Waals surface area contributed by atoms with Crippen LogP contribution < -0.4 is 0 Å². The molecule has 0 unspecified atom stereocenters. The summed E-state index contributed by atoms with van der Waals surface area (Å²) in [4.78, 5) is 0. The van der Waals surface area contributed by atoms with E-state index in [1.807, 2.05) is 34.6 Å². The predicted octanol–water partition coefficient (Wildman–Crippen LogP) is 2.99. The van der Waals surface area contributed by atoms with Crippen LogP contribution in [0.4, 0.5) is 0 Å². The minimum Gasteiger partial charge on any atom is -0.481 e. The zero-order valence-electron chi connectivity index (χ0n) is 8.02. The third-order valence-electron chi connectivity index (χ3n) is 0.981. The first-order valence-corrected chi connectivity index (χ1v) is 4.12. The van der Waals surface area contributed by atoms with Crippen LogP contribution in [0, 0.1) is 12.3 Å². The van der Waals surface area contributed by atoms with Crippen LogP contribution in [0.5, 0.6) is 0 Å². The summed E-state index contributed by atoms with van der Waals surface area (Å²) in [7, 11) is 0. The molecule has 0 bridgehead atoms. The number of hydrogen-bond donors (Lipinski definition) is 0. The van der Waals surface area contributed by atoms with E-state index in [4.69, 9.17) is 17.0 Å². The molecule has 0 aromatic rings. The monoisotopic (exact) mass is 173 g/mol. The minimum atomic E-state index is -0.412. The average molecular weight is 173 g/mol. The molecule has 0 amide bonds. The van der Waals surface area contributed by atoms with Crippen molar-refractivity contribution in [1.29, 1.82) is 0 Å². The highest BCUT2D eigenvalue weighted by Crippen LogP contribution is 2.21. The Morgan fingerprint density at radius 2 is 1.55 bits per heavy atom. The van der Waals surface area contributed by atoms with Gasteiger partial charge < -0.3 is 4.74 Å². The minimum absolute atomic E-state index is 0.0652. The van der Waals surface area contributed by atoms with E-state index in [0.717, 1.165) is 0 Å².